The van der Waals surface area contributed by atoms with Gasteiger partial charge in [-0.3, -0.25) is 0 Å². The van der Waals surface area contributed by atoms with Gasteiger partial charge in [0.1, 0.15) is 12.0 Å². The number of hydrazine groups is 1. The molecule has 0 unspecified atom stereocenters. The number of nitrogens with two attached hydrogens (primary N) is 1. The minimum absolute atomic E-state index is 0.113. The standard InChI is InChI=1S/C15H21ClN6/c1-9-7-10(16)5-6-11(9)20-13-12(17)14(19-8-18-13)21-22-15(2,3)4/h5-8,22H,17H2,1-4H3,(H2,18,19,20,21). The Labute approximate surface area is 135 Å². The summed E-state index contributed by atoms with van der Waals surface area (Å²) in [5, 5.41) is 3.89. The molecule has 1 heterocycles. The minimum Gasteiger partial charge on any atom is -0.393 e. The highest BCUT2D eigenvalue weighted by Crippen LogP contribution is 2.28. The molecule has 0 spiro atoms. The summed E-state index contributed by atoms with van der Waals surface area (Å²) >= 11 is 5.96. The average molecular weight is 321 g/mol. The van der Waals surface area contributed by atoms with E-state index in [2.05, 4.69) is 26.1 Å². The summed E-state index contributed by atoms with van der Waals surface area (Å²) in [6, 6.07) is 5.58. The lowest BCUT2D eigenvalue weighted by atomic mass is 10.1. The average Bonchev–Trinajstić information content (AvgIpc) is 2.41. The van der Waals surface area contributed by atoms with Gasteiger partial charge in [-0.15, -0.1) is 0 Å². The molecule has 0 radical (unpaired) electrons. The molecular weight excluding hydrogens is 300 g/mol. The Hall–Kier alpha value is -2.05. The predicted octanol–water partition coefficient (Wildman–Crippen LogP) is 3.48. The molecule has 0 bridgehead atoms. The summed E-state index contributed by atoms with van der Waals surface area (Å²) in [7, 11) is 0. The van der Waals surface area contributed by atoms with E-state index in [9.17, 15) is 0 Å². The van der Waals surface area contributed by atoms with Gasteiger partial charge in [0.2, 0.25) is 0 Å². The van der Waals surface area contributed by atoms with Crippen LogP contribution in [0.1, 0.15) is 26.3 Å². The molecule has 7 heteroatoms. The van der Waals surface area contributed by atoms with Gasteiger partial charge in [0, 0.05) is 16.2 Å². The predicted molar refractivity (Wildman–Crippen MR) is 92.4 cm³/mol. The fourth-order valence-corrected chi connectivity index (χ4v) is 1.96. The highest BCUT2D eigenvalue weighted by atomic mass is 35.5. The zero-order valence-electron chi connectivity index (χ0n) is 13.2. The Morgan fingerprint density at radius 1 is 1.14 bits per heavy atom. The fourth-order valence-electron chi connectivity index (χ4n) is 1.74. The van der Waals surface area contributed by atoms with Crippen LogP contribution < -0.4 is 21.9 Å². The summed E-state index contributed by atoms with van der Waals surface area (Å²) < 4.78 is 0. The molecule has 1 aromatic heterocycles. The smallest absolute Gasteiger partial charge is 0.169 e. The second kappa shape index (κ2) is 6.37. The molecule has 0 aliphatic rings. The van der Waals surface area contributed by atoms with Crippen LogP contribution in [0.3, 0.4) is 0 Å². The third-order valence-electron chi connectivity index (χ3n) is 2.88. The molecule has 118 valence electrons. The van der Waals surface area contributed by atoms with Gasteiger partial charge < -0.3 is 16.5 Å². The van der Waals surface area contributed by atoms with Gasteiger partial charge in [-0.05, 0) is 51.5 Å². The first-order chi connectivity index (χ1) is 10.3. The number of benzene rings is 1. The van der Waals surface area contributed by atoms with Crippen molar-refractivity contribution in [1.29, 1.82) is 0 Å². The Bertz CT molecular complexity index is 666. The first-order valence-electron chi connectivity index (χ1n) is 6.93. The first kappa shape index (κ1) is 16.3. The molecular formula is C15H21ClN6. The van der Waals surface area contributed by atoms with Crippen LogP contribution in [0.5, 0.6) is 0 Å². The molecule has 2 rings (SSSR count). The molecule has 1 aromatic carbocycles. The van der Waals surface area contributed by atoms with Crippen molar-refractivity contribution in [2.45, 2.75) is 33.2 Å². The number of hydrogen-bond acceptors (Lipinski definition) is 6. The summed E-state index contributed by atoms with van der Waals surface area (Å²) in [6.45, 7) is 8.07. The van der Waals surface area contributed by atoms with Crippen molar-refractivity contribution < 1.29 is 0 Å². The summed E-state index contributed by atoms with van der Waals surface area (Å²) in [5.41, 5.74) is 14.5. The second-order valence-corrected chi connectivity index (χ2v) is 6.51. The number of aromatic nitrogens is 2. The summed E-state index contributed by atoms with van der Waals surface area (Å²) in [5.74, 6) is 1.07. The van der Waals surface area contributed by atoms with Crippen molar-refractivity contribution in [2.75, 3.05) is 16.5 Å². The van der Waals surface area contributed by atoms with Crippen molar-refractivity contribution in [3.05, 3.63) is 35.1 Å². The third kappa shape index (κ3) is 4.22. The SMILES string of the molecule is Cc1cc(Cl)ccc1Nc1ncnc(NNC(C)(C)C)c1N. The molecule has 0 amide bonds. The molecule has 0 saturated heterocycles. The summed E-state index contributed by atoms with van der Waals surface area (Å²) in [6.07, 6.45) is 1.45. The zero-order valence-corrected chi connectivity index (χ0v) is 13.9. The molecule has 2 aromatic rings. The molecule has 5 N–H and O–H groups in total. The van der Waals surface area contributed by atoms with Gasteiger partial charge in [-0.1, -0.05) is 11.6 Å². The Morgan fingerprint density at radius 2 is 1.82 bits per heavy atom. The number of rotatable bonds is 4. The molecule has 0 saturated carbocycles. The van der Waals surface area contributed by atoms with Gasteiger partial charge in [-0.2, -0.15) is 0 Å². The largest absolute Gasteiger partial charge is 0.393 e. The van der Waals surface area contributed by atoms with E-state index >= 15 is 0 Å². The quantitative estimate of drug-likeness (QED) is 0.645. The van der Waals surface area contributed by atoms with E-state index in [1.807, 2.05) is 45.9 Å². The molecule has 0 aliphatic heterocycles. The van der Waals surface area contributed by atoms with E-state index in [0.29, 0.717) is 22.3 Å². The van der Waals surface area contributed by atoms with Crippen LogP contribution >= 0.6 is 11.6 Å². The van der Waals surface area contributed by atoms with Crippen molar-refractivity contribution in [3.8, 4) is 0 Å². The number of aryl methyl sites for hydroxylation is 1. The molecule has 0 fully saturated rings. The zero-order chi connectivity index (χ0) is 16.3. The van der Waals surface area contributed by atoms with Gasteiger partial charge in [-0.25, -0.2) is 15.4 Å². The highest BCUT2D eigenvalue weighted by molar-refractivity contribution is 6.30. The number of nitrogens with zero attached hydrogens (tertiary/aromatic N) is 2. The maximum Gasteiger partial charge on any atom is 0.169 e. The normalized spacial score (nSPS) is 11.3. The van der Waals surface area contributed by atoms with Crippen LogP contribution in [-0.2, 0) is 0 Å². The van der Waals surface area contributed by atoms with Crippen molar-refractivity contribution in [3.63, 3.8) is 0 Å². The Morgan fingerprint density at radius 3 is 2.45 bits per heavy atom. The molecule has 22 heavy (non-hydrogen) atoms. The summed E-state index contributed by atoms with van der Waals surface area (Å²) in [4.78, 5) is 8.34. The lowest BCUT2D eigenvalue weighted by Crippen LogP contribution is -2.40. The van der Waals surface area contributed by atoms with Crippen LogP contribution in [0, 0.1) is 6.92 Å². The van der Waals surface area contributed by atoms with Crippen molar-refractivity contribution >= 4 is 34.6 Å². The maximum absolute atomic E-state index is 6.12. The maximum atomic E-state index is 6.12. The van der Waals surface area contributed by atoms with Crippen LogP contribution in [0.2, 0.25) is 5.02 Å². The van der Waals surface area contributed by atoms with E-state index in [1.54, 1.807) is 0 Å². The number of nitrogen functional groups attached to an aromatic ring is 1. The van der Waals surface area contributed by atoms with Crippen molar-refractivity contribution in [1.82, 2.24) is 15.4 Å². The number of nitrogens with one attached hydrogen (secondary N) is 3. The van der Waals surface area contributed by atoms with E-state index in [1.165, 1.54) is 6.33 Å². The van der Waals surface area contributed by atoms with Crippen LogP contribution in [0.15, 0.2) is 24.5 Å². The van der Waals surface area contributed by atoms with E-state index in [0.717, 1.165) is 11.3 Å². The number of halogens is 1. The van der Waals surface area contributed by atoms with Crippen molar-refractivity contribution in [2.24, 2.45) is 0 Å². The lowest BCUT2D eigenvalue weighted by molar-refractivity contribution is 0.464. The van der Waals surface area contributed by atoms with Crippen LogP contribution in [0.25, 0.3) is 0 Å². The fraction of sp³-hybridized carbons (Fsp3) is 0.333. The van der Waals surface area contributed by atoms with Gasteiger partial charge in [0.25, 0.3) is 0 Å². The monoisotopic (exact) mass is 320 g/mol. The van der Waals surface area contributed by atoms with E-state index < -0.39 is 0 Å². The Kier molecular flexibility index (Phi) is 4.73. The second-order valence-electron chi connectivity index (χ2n) is 6.07. The minimum atomic E-state index is -0.113. The topological polar surface area (TPSA) is 87.9 Å². The van der Waals surface area contributed by atoms with Gasteiger partial charge in [0.05, 0.1) is 0 Å². The van der Waals surface area contributed by atoms with E-state index in [-0.39, 0.29) is 5.54 Å². The van der Waals surface area contributed by atoms with Crippen LogP contribution in [0.4, 0.5) is 23.0 Å². The third-order valence-corrected chi connectivity index (χ3v) is 3.12. The first-order valence-corrected chi connectivity index (χ1v) is 7.31. The molecule has 6 nitrogen and oxygen atoms in total. The van der Waals surface area contributed by atoms with Crippen LogP contribution in [-0.4, -0.2) is 15.5 Å². The molecule has 0 atom stereocenters. The van der Waals surface area contributed by atoms with E-state index in [4.69, 9.17) is 17.3 Å². The number of anilines is 4. The number of hydrogen-bond donors (Lipinski definition) is 4. The highest BCUT2D eigenvalue weighted by Gasteiger charge is 2.13. The Balaban J connectivity index is 2.21. The lowest BCUT2D eigenvalue weighted by Gasteiger charge is -2.22. The van der Waals surface area contributed by atoms with Gasteiger partial charge in [0.15, 0.2) is 11.6 Å². The molecule has 0 aliphatic carbocycles. The van der Waals surface area contributed by atoms with Gasteiger partial charge >= 0.3 is 0 Å².